The Kier molecular flexibility index (Phi) is 5.96. The molecule has 4 rings (SSSR count). The van der Waals surface area contributed by atoms with Crippen LogP contribution in [0.2, 0.25) is 0 Å². The Hall–Kier alpha value is -1.12. The Bertz CT molecular complexity index is 726. The Labute approximate surface area is 183 Å². The van der Waals surface area contributed by atoms with Crippen molar-refractivity contribution in [2.24, 2.45) is 46.3 Å². The van der Waals surface area contributed by atoms with Gasteiger partial charge in [0.2, 0.25) is 5.91 Å². The fourth-order valence-corrected chi connectivity index (χ4v) is 8.93. The zero-order chi connectivity index (χ0) is 21.7. The number of allylic oxidation sites excluding steroid dienone is 2. The zero-order valence-electron chi connectivity index (χ0n) is 19.9. The van der Waals surface area contributed by atoms with Crippen molar-refractivity contribution >= 4 is 11.7 Å². The number of carbonyl (C=O) groups is 2. The molecule has 4 saturated carbocycles. The first-order valence-electron chi connectivity index (χ1n) is 12.7. The summed E-state index contributed by atoms with van der Waals surface area (Å²) in [4.78, 5) is 25.7. The maximum absolute atomic E-state index is 13.9. The van der Waals surface area contributed by atoms with Crippen molar-refractivity contribution in [1.29, 1.82) is 0 Å². The molecule has 0 aromatic carbocycles. The second-order valence-electron chi connectivity index (χ2n) is 11.6. The van der Waals surface area contributed by atoms with Crippen LogP contribution in [0.3, 0.4) is 0 Å². The van der Waals surface area contributed by atoms with Gasteiger partial charge in [-0.05, 0) is 97.9 Å². The van der Waals surface area contributed by atoms with Crippen LogP contribution in [0.4, 0.5) is 0 Å². The zero-order valence-corrected chi connectivity index (χ0v) is 19.9. The van der Waals surface area contributed by atoms with Crippen LogP contribution in [0.1, 0.15) is 91.9 Å². The Morgan fingerprint density at radius 1 is 1.10 bits per heavy atom. The average molecular weight is 414 g/mol. The van der Waals surface area contributed by atoms with E-state index in [9.17, 15) is 9.59 Å². The largest absolute Gasteiger partial charge is 0.359 e. The van der Waals surface area contributed by atoms with E-state index in [-0.39, 0.29) is 17.2 Å². The Morgan fingerprint density at radius 3 is 2.53 bits per heavy atom. The first-order valence-corrected chi connectivity index (χ1v) is 12.7. The molecular formula is C27H43NO2. The van der Waals surface area contributed by atoms with Crippen LogP contribution in [0.15, 0.2) is 11.6 Å². The van der Waals surface area contributed by atoms with Crippen LogP contribution >= 0.6 is 0 Å². The highest BCUT2D eigenvalue weighted by Crippen LogP contribution is 2.68. The predicted octanol–water partition coefficient (Wildman–Crippen LogP) is 5.93. The van der Waals surface area contributed by atoms with Gasteiger partial charge in [0.15, 0.2) is 5.78 Å². The molecule has 1 N–H and O–H groups in total. The summed E-state index contributed by atoms with van der Waals surface area (Å²) in [5, 5.41) is 2.77. The number of Topliss-reactive ketones (excluding diaryl/α,β-unsaturated/α-hetero) is 1. The molecule has 1 amide bonds. The lowest BCUT2D eigenvalue weighted by Gasteiger charge is -2.60. The predicted molar refractivity (Wildman–Crippen MR) is 122 cm³/mol. The summed E-state index contributed by atoms with van der Waals surface area (Å²) in [7, 11) is 1.73. The van der Waals surface area contributed by atoms with Crippen LogP contribution < -0.4 is 5.32 Å². The molecule has 168 valence electrons. The van der Waals surface area contributed by atoms with Crippen LogP contribution in [0, 0.1) is 46.3 Å². The van der Waals surface area contributed by atoms with Gasteiger partial charge < -0.3 is 5.32 Å². The summed E-state index contributed by atoms with van der Waals surface area (Å²) < 4.78 is 0. The second-order valence-corrected chi connectivity index (χ2v) is 11.6. The van der Waals surface area contributed by atoms with Gasteiger partial charge in [-0.1, -0.05) is 39.7 Å². The smallest absolute Gasteiger partial charge is 0.219 e. The minimum absolute atomic E-state index is 0.154. The molecule has 30 heavy (non-hydrogen) atoms. The van der Waals surface area contributed by atoms with E-state index in [4.69, 9.17) is 0 Å². The van der Waals surface area contributed by atoms with Crippen molar-refractivity contribution in [3.63, 3.8) is 0 Å². The molecule has 4 aliphatic rings. The lowest BCUT2D eigenvalue weighted by Crippen LogP contribution is -2.57. The lowest BCUT2D eigenvalue weighted by molar-refractivity contribution is -0.146. The van der Waals surface area contributed by atoms with Gasteiger partial charge in [-0.15, -0.1) is 0 Å². The van der Waals surface area contributed by atoms with E-state index in [0.717, 1.165) is 6.42 Å². The summed E-state index contributed by atoms with van der Waals surface area (Å²) >= 11 is 0. The average Bonchev–Trinajstić information content (AvgIpc) is 3.09. The molecule has 0 aromatic heterocycles. The molecule has 0 aromatic rings. The van der Waals surface area contributed by atoms with E-state index in [0.29, 0.717) is 47.2 Å². The van der Waals surface area contributed by atoms with Gasteiger partial charge in [-0.25, -0.2) is 0 Å². The molecule has 0 saturated heterocycles. The van der Waals surface area contributed by atoms with Gasteiger partial charge in [0.1, 0.15) is 0 Å². The van der Waals surface area contributed by atoms with Crippen molar-refractivity contribution in [3.8, 4) is 0 Å². The van der Waals surface area contributed by atoms with Crippen molar-refractivity contribution < 1.29 is 9.59 Å². The molecule has 0 radical (unpaired) electrons. The molecule has 0 heterocycles. The van der Waals surface area contributed by atoms with E-state index in [1.807, 2.05) is 0 Å². The number of ketones is 1. The van der Waals surface area contributed by atoms with E-state index >= 15 is 0 Å². The normalized spacial score (nSPS) is 45.4. The summed E-state index contributed by atoms with van der Waals surface area (Å²) in [5.41, 5.74) is 1.76. The standard InChI is InChI=1S/C27H43NO2/c1-6-18-20-9-7-8-15-26(20,3)22-14-16-27(4)19(17(2)10-13-23(29)28-5)11-12-21(27)24(22)25(18)30/h6,17,19-22,24H,7-16H2,1-5H3,(H,28,29)/b18-6-/t17-,19?,20?,21?,22?,24?,26?,27?/m1/s1. The highest BCUT2D eigenvalue weighted by atomic mass is 16.1. The third-order valence-electron chi connectivity index (χ3n) is 10.5. The lowest BCUT2D eigenvalue weighted by atomic mass is 9.43. The topological polar surface area (TPSA) is 46.2 Å². The molecule has 8 atom stereocenters. The number of hydrogen-bond acceptors (Lipinski definition) is 2. The van der Waals surface area contributed by atoms with Crippen LogP contribution in [-0.2, 0) is 9.59 Å². The molecular weight excluding hydrogens is 370 g/mol. The molecule has 4 aliphatic carbocycles. The summed E-state index contributed by atoms with van der Waals surface area (Å²) in [6, 6.07) is 0. The first kappa shape index (κ1) is 22.1. The maximum Gasteiger partial charge on any atom is 0.219 e. The van der Waals surface area contributed by atoms with Crippen LogP contribution in [0.25, 0.3) is 0 Å². The van der Waals surface area contributed by atoms with E-state index in [1.165, 1.54) is 56.9 Å². The van der Waals surface area contributed by atoms with Gasteiger partial charge in [0.05, 0.1) is 0 Å². The summed E-state index contributed by atoms with van der Waals surface area (Å²) in [6.45, 7) is 9.49. The summed E-state index contributed by atoms with van der Waals surface area (Å²) in [5.74, 6) is 3.72. The van der Waals surface area contributed by atoms with Gasteiger partial charge in [0.25, 0.3) is 0 Å². The quantitative estimate of drug-likeness (QED) is 0.580. The minimum Gasteiger partial charge on any atom is -0.359 e. The monoisotopic (exact) mass is 413 g/mol. The number of rotatable bonds is 4. The molecule has 7 unspecified atom stereocenters. The van der Waals surface area contributed by atoms with Crippen LogP contribution in [0.5, 0.6) is 0 Å². The number of fused-ring (bicyclic) bond motifs is 5. The van der Waals surface area contributed by atoms with Crippen molar-refractivity contribution in [2.45, 2.75) is 91.9 Å². The van der Waals surface area contributed by atoms with Crippen molar-refractivity contribution in [1.82, 2.24) is 5.32 Å². The third-order valence-corrected chi connectivity index (χ3v) is 10.5. The third kappa shape index (κ3) is 3.21. The minimum atomic E-state index is 0.154. The molecule has 4 fully saturated rings. The number of amides is 1. The molecule has 3 heteroatoms. The molecule has 0 aliphatic heterocycles. The maximum atomic E-state index is 13.9. The van der Waals surface area contributed by atoms with E-state index in [2.05, 4.69) is 39.1 Å². The molecule has 0 spiro atoms. The van der Waals surface area contributed by atoms with Gasteiger partial charge >= 0.3 is 0 Å². The van der Waals surface area contributed by atoms with E-state index in [1.54, 1.807) is 7.05 Å². The van der Waals surface area contributed by atoms with Gasteiger partial charge in [-0.2, -0.15) is 0 Å². The first-order chi connectivity index (χ1) is 14.3. The van der Waals surface area contributed by atoms with Crippen molar-refractivity contribution in [3.05, 3.63) is 11.6 Å². The second kappa shape index (κ2) is 8.10. The van der Waals surface area contributed by atoms with Crippen LogP contribution in [-0.4, -0.2) is 18.7 Å². The fourth-order valence-electron chi connectivity index (χ4n) is 8.93. The Balaban J connectivity index is 1.61. The van der Waals surface area contributed by atoms with Gasteiger partial charge in [-0.3, -0.25) is 9.59 Å². The number of nitrogens with one attached hydrogen (secondary N) is 1. The highest BCUT2D eigenvalue weighted by Gasteiger charge is 2.63. The number of hydrogen-bond donors (Lipinski definition) is 1. The number of carbonyl (C=O) groups excluding carboxylic acids is 2. The molecule has 0 bridgehead atoms. The van der Waals surface area contributed by atoms with E-state index < -0.39 is 0 Å². The van der Waals surface area contributed by atoms with Crippen molar-refractivity contribution in [2.75, 3.05) is 7.05 Å². The van der Waals surface area contributed by atoms with Gasteiger partial charge in [0, 0.05) is 19.4 Å². The molecule has 3 nitrogen and oxygen atoms in total. The Morgan fingerprint density at radius 2 is 1.83 bits per heavy atom. The summed E-state index contributed by atoms with van der Waals surface area (Å²) in [6.07, 6.45) is 13.9. The highest BCUT2D eigenvalue weighted by molar-refractivity contribution is 5.99. The SMILES string of the molecule is C/C=C1\C(=O)C2C(CCC3(C)C2CCC3[C@H](C)CCC(=O)NC)C2(C)CCCCC12. The fraction of sp³-hybridized carbons (Fsp3) is 0.852.